The predicted octanol–water partition coefficient (Wildman–Crippen LogP) is 4.46. The Balaban J connectivity index is 1.89. The van der Waals surface area contributed by atoms with Crippen molar-refractivity contribution >= 4 is 32.7 Å². The second-order valence-corrected chi connectivity index (χ2v) is 8.10. The molecule has 0 saturated heterocycles. The number of methoxy groups -OCH3 is 1. The van der Waals surface area contributed by atoms with Crippen molar-refractivity contribution in [1.82, 2.24) is 14.5 Å². The molecule has 0 N–H and O–H groups in total. The standard InChI is InChI=1S/C24H20BrN3O3/c1-14-11-16(8-10-20(14)31-3)23(29)18-13-28(12-17-5-4-6-21(25)27-17)19-9-7-15(2)26-22(19)24(18)30/h4-11,13H,12H2,1-3H3. The van der Waals surface area contributed by atoms with Crippen LogP contribution in [-0.2, 0) is 6.54 Å². The number of aromatic nitrogens is 3. The van der Waals surface area contributed by atoms with Gasteiger partial charge in [-0.15, -0.1) is 0 Å². The number of rotatable bonds is 5. The van der Waals surface area contributed by atoms with Crippen molar-refractivity contribution in [3.63, 3.8) is 0 Å². The van der Waals surface area contributed by atoms with Gasteiger partial charge in [-0.05, 0) is 77.8 Å². The molecule has 0 spiro atoms. The van der Waals surface area contributed by atoms with Crippen molar-refractivity contribution in [3.05, 3.63) is 97.6 Å². The van der Waals surface area contributed by atoms with E-state index >= 15 is 0 Å². The Kier molecular flexibility index (Phi) is 5.69. The summed E-state index contributed by atoms with van der Waals surface area (Å²) in [5.41, 5.74) is 3.36. The summed E-state index contributed by atoms with van der Waals surface area (Å²) in [6.45, 7) is 4.07. The van der Waals surface area contributed by atoms with E-state index in [4.69, 9.17) is 4.74 Å². The third kappa shape index (κ3) is 4.14. The number of pyridine rings is 3. The van der Waals surface area contributed by atoms with Crippen molar-refractivity contribution < 1.29 is 9.53 Å². The van der Waals surface area contributed by atoms with E-state index in [9.17, 15) is 9.59 Å². The number of carbonyl (C=O) groups excluding carboxylic acids is 1. The molecule has 3 heterocycles. The van der Waals surface area contributed by atoms with Crippen LogP contribution in [-0.4, -0.2) is 27.4 Å². The molecule has 4 rings (SSSR count). The Labute approximate surface area is 187 Å². The van der Waals surface area contributed by atoms with Crippen LogP contribution in [0.1, 0.15) is 32.9 Å². The number of fused-ring (bicyclic) bond motifs is 1. The van der Waals surface area contributed by atoms with Gasteiger partial charge in [-0.3, -0.25) is 9.59 Å². The molecule has 0 aliphatic heterocycles. The number of ketones is 1. The summed E-state index contributed by atoms with van der Waals surface area (Å²) in [5, 5.41) is 0. The van der Waals surface area contributed by atoms with Crippen LogP contribution >= 0.6 is 15.9 Å². The average molecular weight is 478 g/mol. The quantitative estimate of drug-likeness (QED) is 0.313. The Hall–Kier alpha value is -3.32. The number of halogens is 1. The zero-order valence-electron chi connectivity index (χ0n) is 17.3. The Morgan fingerprint density at radius 3 is 2.61 bits per heavy atom. The van der Waals surface area contributed by atoms with Gasteiger partial charge in [-0.25, -0.2) is 9.97 Å². The van der Waals surface area contributed by atoms with Crippen molar-refractivity contribution in [2.45, 2.75) is 20.4 Å². The molecule has 6 nitrogen and oxygen atoms in total. The maximum Gasteiger partial charge on any atom is 0.218 e. The van der Waals surface area contributed by atoms with Crippen LogP contribution < -0.4 is 10.2 Å². The van der Waals surface area contributed by atoms with Crippen LogP contribution in [0, 0.1) is 13.8 Å². The minimum Gasteiger partial charge on any atom is -0.496 e. The average Bonchev–Trinajstić information content (AvgIpc) is 2.75. The lowest BCUT2D eigenvalue weighted by Crippen LogP contribution is -2.21. The molecule has 0 unspecified atom stereocenters. The Morgan fingerprint density at radius 1 is 1.10 bits per heavy atom. The van der Waals surface area contributed by atoms with Gasteiger partial charge < -0.3 is 9.30 Å². The highest BCUT2D eigenvalue weighted by Crippen LogP contribution is 2.21. The summed E-state index contributed by atoms with van der Waals surface area (Å²) in [7, 11) is 1.58. The highest BCUT2D eigenvalue weighted by atomic mass is 79.9. The fourth-order valence-corrected chi connectivity index (χ4v) is 3.92. The first-order valence-corrected chi connectivity index (χ1v) is 10.5. The highest BCUT2D eigenvalue weighted by Gasteiger charge is 2.19. The lowest BCUT2D eigenvalue weighted by atomic mass is 10.0. The van der Waals surface area contributed by atoms with E-state index in [0.717, 1.165) is 11.3 Å². The Morgan fingerprint density at radius 2 is 1.90 bits per heavy atom. The number of benzene rings is 1. The van der Waals surface area contributed by atoms with E-state index in [1.54, 1.807) is 31.5 Å². The molecule has 1 aromatic carbocycles. The SMILES string of the molecule is COc1ccc(C(=O)c2cn(Cc3cccc(Br)n3)c3ccc(C)nc3c2=O)cc1C. The van der Waals surface area contributed by atoms with Crippen LogP contribution in [0.4, 0.5) is 0 Å². The zero-order chi connectivity index (χ0) is 22.1. The first-order chi connectivity index (χ1) is 14.9. The van der Waals surface area contributed by atoms with E-state index in [1.807, 2.05) is 48.7 Å². The molecule has 0 atom stereocenters. The molecule has 31 heavy (non-hydrogen) atoms. The fraction of sp³-hybridized carbons (Fsp3) is 0.167. The second-order valence-electron chi connectivity index (χ2n) is 7.29. The molecule has 156 valence electrons. The van der Waals surface area contributed by atoms with E-state index in [-0.39, 0.29) is 22.3 Å². The summed E-state index contributed by atoms with van der Waals surface area (Å²) >= 11 is 3.39. The topological polar surface area (TPSA) is 74.1 Å². The van der Waals surface area contributed by atoms with E-state index < -0.39 is 0 Å². The van der Waals surface area contributed by atoms with Gasteiger partial charge in [0.05, 0.1) is 30.4 Å². The molecule has 0 amide bonds. The van der Waals surface area contributed by atoms with E-state index in [0.29, 0.717) is 33.7 Å². The number of nitrogens with zero attached hydrogens (tertiary/aromatic N) is 3. The van der Waals surface area contributed by atoms with Crippen molar-refractivity contribution in [3.8, 4) is 5.75 Å². The summed E-state index contributed by atoms with van der Waals surface area (Å²) in [5.74, 6) is 0.336. The largest absolute Gasteiger partial charge is 0.496 e. The third-order valence-electron chi connectivity index (χ3n) is 5.07. The molecule has 0 aliphatic carbocycles. The van der Waals surface area contributed by atoms with Crippen LogP contribution in [0.3, 0.4) is 0 Å². The molecule has 7 heteroatoms. The van der Waals surface area contributed by atoms with Gasteiger partial charge in [0, 0.05) is 17.5 Å². The van der Waals surface area contributed by atoms with Gasteiger partial charge in [0.1, 0.15) is 15.9 Å². The maximum atomic E-state index is 13.3. The van der Waals surface area contributed by atoms with Crippen LogP contribution in [0.15, 0.2) is 64.1 Å². The zero-order valence-corrected chi connectivity index (χ0v) is 18.9. The Bertz CT molecular complexity index is 1380. The minimum atomic E-state index is -0.379. The molecular weight excluding hydrogens is 458 g/mol. The highest BCUT2D eigenvalue weighted by molar-refractivity contribution is 9.10. The lowest BCUT2D eigenvalue weighted by molar-refractivity contribution is 0.103. The number of hydrogen-bond acceptors (Lipinski definition) is 5. The smallest absolute Gasteiger partial charge is 0.218 e. The molecule has 0 aliphatic rings. The molecule has 3 aromatic heterocycles. The van der Waals surface area contributed by atoms with Crippen molar-refractivity contribution in [2.75, 3.05) is 7.11 Å². The van der Waals surface area contributed by atoms with Crippen molar-refractivity contribution in [1.29, 1.82) is 0 Å². The summed E-state index contributed by atoms with van der Waals surface area (Å²) in [6, 6.07) is 14.5. The lowest BCUT2D eigenvalue weighted by Gasteiger charge is -2.13. The van der Waals surface area contributed by atoms with E-state index in [1.165, 1.54) is 0 Å². The third-order valence-corrected chi connectivity index (χ3v) is 5.52. The van der Waals surface area contributed by atoms with Gasteiger partial charge in [0.2, 0.25) is 5.43 Å². The number of aryl methyl sites for hydroxylation is 2. The molecular formula is C24H20BrN3O3. The number of ether oxygens (including phenoxy) is 1. The first kappa shape index (κ1) is 20.9. The minimum absolute atomic E-state index is 0.0742. The summed E-state index contributed by atoms with van der Waals surface area (Å²) in [4.78, 5) is 35.4. The summed E-state index contributed by atoms with van der Waals surface area (Å²) in [6.07, 6.45) is 1.60. The monoisotopic (exact) mass is 477 g/mol. The van der Waals surface area contributed by atoms with Gasteiger partial charge in [0.15, 0.2) is 5.78 Å². The first-order valence-electron chi connectivity index (χ1n) is 9.69. The van der Waals surface area contributed by atoms with E-state index in [2.05, 4.69) is 25.9 Å². The van der Waals surface area contributed by atoms with Gasteiger partial charge in [0.25, 0.3) is 0 Å². The number of hydrogen-bond donors (Lipinski definition) is 0. The normalized spacial score (nSPS) is 11.0. The molecule has 0 saturated carbocycles. The van der Waals surface area contributed by atoms with Crippen molar-refractivity contribution in [2.24, 2.45) is 0 Å². The van der Waals surface area contributed by atoms with Crippen LogP contribution in [0.25, 0.3) is 11.0 Å². The molecule has 0 bridgehead atoms. The van der Waals surface area contributed by atoms with Gasteiger partial charge >= 0.3 is 0 Å². The summed E-state index contributed by atoms with van der Waals surface area (Å²) < 4.78 is 7.84. The predicted molar refractivity (Wildman–Crippen MR) is 123 cm³/mol. The number of carbonyl (C=O) groups is 1. The van der Waals surface area contributed by atoms with Gasteiger partial charge in [-0.1, -0.05) is 6.07 Å². The molecule has 0 radical (unpaired) electrons. The van der Waals surface area contributed by atoms with Gasteiger partial charge in [-0.2, -0.15) is 0 Å². The maximum absolute atomic E-state index is 13.3. The fourth-order valence-electron chi connectivity index (χ4n) is 3.54. The van der Waals surface area contributed by atoms with Crippen LogP contribution in [0.5, 0.6) is 5.75 Å². The van der Waals surface area contributed by atoms with Crippen LogP contribution in [0.2, 0.25) is 0 Å². The second kappa shape index (κ2) is 8.43. The molecule has 4 aromatic rings. The molecule has 0 fully saturated rings.